The molecule has 1 amide bonds. The van der Waals surface area contributed by atoms with Crippen molar-refractivity contribution in [2.24, 2.45) is 0 Å². The van der Waals surface area contributed by atoms with Crippen molar-refractivity contribution in [1.29, 1.82) is 0 Å². The number of nitrogens with zero attached hydrogens (tertiary/aromatic N) is 2. The number of carbonyl (C=O) groups excluding carboxylic acids is 1. The van der Waals surface area contributed by atoms with Crippen molar-refractivity contribution in [3.05, 3.63) is 76.0 Å². The Morgan fingerprint density at radius 1 is 1.14 bits per heavy atom. The topological polar surface area (TPSA) is 54.9 Å². The summed E-state index contributed by atoms with van der Waals surface area (Å²) < 4.78 is 0. The quantitative estimate of drug-likeness (QED) is 0.799. The van der Waals surface area contributed by atoms with Crippen molar-refractivity contribution in [3.63, 3.8) is 0 Å². The van der Waals surface area contributed by atoms with E-state index >= 15 is 0 Å². The van der Waals surface area contributed by atoms with Gasteiger partial charge in [0.25, 0.3) is 5.91 Å². The van der Waals surface area contributed by atoms with E-state index < -0.39 is 0 Å². The zero-order valence-corrected chi connectivity index (χ0v) is 12.9. The summed E-state index contributed by atoms with van der Waals surface area (Å²) in [6, 6.07) is 13.6. The van der Waals surface area contributed by atoms with E-state index in [9.17, 15) is 4.79 Å². The van der Waals surface area contributed by atoms with E-state index in [4.69, 9.17) is 0 Å². The maximum absolute atomic E-state index is 12.5. The molecule has 3 aromatic rings. The first-order chi connectivity index (χ1) is 10.7. The third-order valence-electron chi connectivity index (χ3n) is 3.17. The fraction of sp³-hybridized carbons (Fsp3) is 0.118. The second-order valence-corrected chi connectivity index (χ2v) is 6.14. The second-order valence-electron chi connectivity index (χ2n) is 4.86. The van der Waals surface area contributed by atoms with Crippen LogP contribution in [0.3, 0.4) is 0 Å². The van der Waals surface area contributed by atoms with Gasteiger partial charge in [0.15, 0.2) is 0 Å². The van der Waals surface area contributed by atoms with E-state index in [0.29, 0.717) is 12.1 Å². The summed E-state index contributed by atoms with van der Waals surface area (Å²) in [6.45, 7) is 1.92. The zero-order valence-electron chi connectivity index (χ0n) is 12.1. The first kappa shape index (κ1) is 14.4. The van der Waals surface area contributed by atoms with E-state index in [1.807, 2.05) is 25.1 Å². The molecule has 4 nitrogen and oxygen atoms in total. The molecule has 0 spiro atoms. The summed E-state index contributed by atoms with van der Waals surface area (Å²) in [5, 5.41) is 3.76. The van der Waals surface area contributed by atoms with Crippen LogP contribution in [0.5, 0.6) is 0 Å². The zero-order chi connectivity index (χ0) is 15.4. The predicted octanol–water partition coefficient (Wildman–Crippen LogP) is 3.69. The summed E-state index contributed by atoms with van der Waals surface area (Å²) in [5.41, 5.74) is 2.39. The molecule has 0 bridgehead atoms. The number of benzene rings is 1. The molecule has 1 aromatic carbocycles. The SMILES string of the molecule is Cc1nc(C(=O)Nc2ccncc2)c(Cc2ccccc2)s1. The maximum Gasteiger partial charge on any atom is 0.275 e. The highest BCUT2D eigenvalue weighted by molar-refractivity contribution is 7.11. The van der Waals surface area contributed by atoms with Gasteiger partial charge in [0.1, 0.15) is 5.69 Å². The first-order valence-corrected chi connectivity index (χ1v) is 7.75. The number of amides is 1. The molecule has 0 saturated heterocycles. The first-order valence-electron chi connectivity index (χ1n) is 6.94. The third-order valence-corrected chi connectivity index (χ3v) is 4.14. The highest BCUT2D eigenvalue weighted by Crippen LogP contribution is 2.22. The standard InChI is InChI=1S/C17H15N3OS/c1-12-19-16(17(21)20-14-7-9-18-10-8-14)15(22-12)11-13-5-3-2-4-6-13/h2-10H,11H2,1H3,(H,18,20,21). The van der Waals surface area contributed by atoms with E-state index in [1.54, 1.807) is 35.9 Å². The fourth-order valence-electron chi connectivity index (χ4n) is 2.17. The molecule has 3 rings (SSSR count). The normalized spacial score (nSPS) is 10.4. The van der Waals surface area contributed by atoms with Gasteiger partial charge in [-0.2, -0.15) is 0 Å². The lowest BCUT2D eigenvalue weighted by atomic mass is 10.1. The van der Waals surface area contributed by atoms with Gasteiger partial charge in [-0.1, -0.05) is 30.3 Å². The lowest BCUT2D eigenvalue weighted by Gasteiger charge is -2.05. The Bertz CT molecular complexity index is 769. The summed E-state index contributed by atoms with van der Waals surface area (Å²) >= 11 is 1.56. The highest BCUT2D eigenvalue weighted by Gasteiger charge is 2.17. The number of nitrogens with one attached hydrogen (secondary N) is 1. The van der Waals surface area contributed by atoms with E-state index in [0.717, 1.165) is 15.6 Å². The number of carbonyl (C=O) groups is 1. The van der Waals surface area contributed by atoms with E-state index in [1.165, 1.54) is 5.56 Å². The van der Waals surface area contributed by atoms with Crippen LogP contribution in [-0.2, 0) is 6.42 Å². The van der Waals surface area contributed by atoms with Crippen molar-refractivity contribution in [1.82, 2.24) is 9.97 Å². The minimum absolute atomic E-state index is 0.179. The van der Waals surface area contributed by atoms with Crippen LogP contribution in [0.1, 0.15) is 25.9 Å². The van der Waals surface area contributed by atoms with Crippen LogP contribution < -0.4 is 5.32 Å². The van der Waals surface area contributed by atoms with Crippen LogP contribution in [0.2, 0.25) is 0 Å². The highest BCUT2D eigenvalue weighted by atomic mass is 32.1. The van der Waals surface area contributed by atoms with Crippen LogP contribution in [0.4, 0.5) is 5.69 Å². The molecule has 110 valence electrons. The molecule has 0 fully saturated rings. The number of pyridine rings is 1. The Labute approximate surface area is 132 Å². The van der Waals surface area contributed by atoms with Gasteiger partial charge in [-0.15, -0.1) is 11.3 Å². The van der Waals surface area contributed by atoms with Crippen LogP contribution in [0.15, 0.2) is 54.9 Å². The van der Waals surface area contributed by atoms with Crippen molar-refractivity contribution in [2.45, 2.75) is 13.3 Å². The van der Waals surface area contributed by atoms with Crippen molar-refractivity contribution in [3.8, 4) is 0 Å². The molecular weight excluding hydrogens is 294 g/mol. The second kappa shape index (κ2) is 6.49. The number of rotatable bonds is 4. The van der Waals surface area contributed by atoms with Crippen molar-refractivity contribution >= 4 is 22.9 Å². The molecular formula is C17H15N3OS. The molecule has 0 unspecified atom stereocenters. The largest absolute Gasteiger partial charge is 0.321 e. The molecule has 0 aliphatic rings. The molecule has 2 heterocycles. The monoisotopic (exact) mass is 309 g/mol. The Hall–Kier alpha value is -2.53. The lowest BCUT2D eigenvalue weighted by molar-refractivity contribution is 0.102. The van der Waals surface area contributed by atoms with Gasteiger partial charge in [-0.25, -0.2) is 4.98 Å². The molecule has 22 heavy (non-hydrogen) atoms. The molecule has 1 N–H and O–H groups in total. The number of hydrogen-bond acceptors (Lipinski definition) is 4. The number of aromatic nitrogens is 2. The molecule has 0 radical (unpaired) electrons. The Morgan fingerprint density at radius 3 is 2.59 bits per heavy atom. The summed E-state index contributed by atoms with van der Waals surface area (Å²) in [4.78, 5) is 21.8. The molecule has 2 aromatic heterocycles. The van der Waals surface area contributed by atoms with Gasteiger partial charge < -0.3 is 5.32 Å². The minimum atomic E-state index is -0.179. The Morgan fingerprint density at radius 2 is 1.86 bits per heavy atom. The minimum Gasteiger partial charge on any atom is -0.321 e. The smallest absolute Gasteiger partial charge is 0.275 e. The summed E-state index contributed by atoms with van der Waals surface area (Å²) in [6.07, 6.45) is 4.00. The van der Waals surface area contributed by atoms with E-state index in [2.05, 4.69) is 27.4 Å². The molecule has 0 aliphatic carbocycles. The van der Waals surface area contributed by atoms with Gasteiger partial charge in [0, 0.05) is 29.4 Å². The Kier molecular flexibility index (Phi) is 4.25. The predicted molar refractivity (Wildman–Crippen MR) is 88.3 cm³/mol. The summed E-state index contributed by atoms with van der Waals surface area (Å²) in [7, 11) is 0. The average Bonchev–Trinajstić information content (AvgIpc) is 2.90. The fourth-order valence-corrected chi connectivity index (χ4v) is 3.14. The molecule has 5 heteroatoms. The van der Waals surface area contributed by atoms with Crippen molar-refractivity contribution in [2.75, 3.05) is 5.32 Å². The summed E-state index contributed by atoms with van der Waals surface area (Å²) in [5.74, 6) is -0.179. The van der Waals surface area contributed by atoms with Gasteiger partial charge in [-0.3, -0.25) is 9.78 Å². The molecule has 0 atom stereocenters. The van der Waals surface area contributed by atoms with Gasteiger partial charge in [-0.05, 0) is 24.6 Å². The molecule has 0 aliphatic heterocycles. The lowest BCUT2D eigenvalue weighted by Crippen LogP contribution is -2.14. The van der Waals surface area contributed by atoms with Gasteiger partial charge in [0.05, 0.1) is 5.01 Å². The van der Waals surface area contributed by atoms with Gasteiger partial charge >= 0.3 is 0 Å². The van der Waals surface area contributed by atoms with E-state index in [-0.39, 0.29) is 5.91 Å². The van der Waals surface area contributed by atoms with Crippen molar-refractivity contribution < 1.29 is 4.79 Å². The van der Waals surface area contributed by atoms with Crippen LogP contribution in [0, 0.1) is 6.92 Å². The van der Waals surface area contributed by atoms with Gasteiger partial charge in [0.2, 0.25) is 0 Å². The Balaban J connectivity index is 1.83. The average molecular weight is 309 g/mol. The number of anilines is 1. The van der Waals surface area contributed by atoms with Crippen LogP contribution >= 0.6 is 11.3 Å². The molecule has 0 saturated carbocycles. The third kappa shape index (κ3) is 3.38. The number of thiazole rings is 1. The number of hydrogen-bond donors (Lipinski definition) is 1. The van der Waals surface area contributed by atoms with Crippen LogP contribution in [-0.4, -0.2) is 15.9 Å². The number of aryl methyl sites for hydroxylation is 1. The van der Waals surface area contributed by atoms with Crippen LogP contribution in [0.25, 0.3) is 0 Å². The maximum atomic E-state index is 12.5.